The minimum Gasteiger partial charge on any atom is -0.379 e. The first-order chi connectivity index (χ1) is 26.0. The van der Waals surface area contributed by atoms with Gasteiger partial charge in [0, 0.05) is 52.9 Å². The molecule has 1 aliphatic rings. The number of nitrogens with zero attached hydrogens (tertiary/aromatic N) is 2. The maximum absolute atomic E-state index is 14.2. The van der Waals surface area contributed by atoms with Gasteiger partial charge < -0.3 is 34.6 Å². The summed E-state index contributed by atoms with van der Waals surface area (Å²) >= 11 is 0. The van der Waals surface area contributed by atoms with Crippen LogP contribution in [0.2, 0.25) is 0 Å². The number of rotatable bonds is 28. The molecule has 1 rings (SSSR count). The van der Waals surface area contributed by atoms with E-state index in [0.29, 0.717) is 38.1 Å². The predicted molar refractivity (Wildman–Crippen MR) is 211 cm³/mol. The van der Waals surface area contributed by atoms with Crippen molar-refractivity contribution >= 4 is 35.3 Å². The van der Waals surface area contributed by atoms with Crippen molar-refractivity contribution in [2.45, 2.75) is 137 Å². The summed E-state index contributed by atoms with van der Waals surface area (Å²) < 4.78 is 17.0. The maximum atomic E-state index is 14.2. The molecule has 1 aliphatic carbocycles. The summed E-state index contributed by atoms with van der Waals surface area (Å²) in [5, 5.41) is 5.74. The number of methoxy groups -OCH3 is 1. The van der Waals surface area contributed by atoms with Crippen molar-refractivity contribution in [3.05, 3.63) is 0 Å². The number of nitrogens with one attached hydrogen (secondary N) is 3. The van der Waals surface area contributed by atoms with Crippen LogP contribution in [0.3, 0.4) is 0 Å². The zero-order valence-corrected chi connectivity index (χ0v) is 35.4. The van der Waals surface area contributed by atoms with E-state index in [1.54, 1.807) is 26.1 Å². The van der Waals surface area contributed by atoms with Crippen molar-refractivity contribution in [1.29, 1.82) is 0 Å². The molecule has 1 saturated carbocycles. The highest BCUT2D eigenvalue weighted by Crippen LogP contribution is 2.34. The summed E-state index contributed by atoms with van der Waals surface area (Å²) in [6.45, 7) is 14.4. The van der Waals surface area contributed by atoms with Gasteiger partial charge in [0.15, 0.2) is 0 Å². The first-order valence-electron chi connectivity index (χ1n) is 20.3. The Kier molecular flexibility index (Phi) is 24.2. The number of Topliss-reactive ketones (excluding diaryl/α,β-unsaturated/α-hetero) is 1. The van der Waals surface area contributed by atoms with E-state index >= 15 is 0 Å². The van der Waals surface area contributed by atoms with Crippen LogP contribution in [0.15, 0.2) is 0 Å². The van der Waals surface area contributed by atoms with Gasteiger partial charge in [0.2, 0.25) is 29.5 Å². The highest BCUT2D eigenvalue weighted by atomic mass is 16.5. The smallest absolute Gasteiger partial charge is 0.249 e. The second-order valence-corrected chi connectivity index (χ2v) is 15.9. The van der Waals surface area contributed by atoms with Crippen molar-refractivity contribution < 1.29 is 43.0 Å². The Balaban J connectivity index is 2.71. The Bertz CT molecular complexity index is 1200. The summed E-state index contributed by atoms with van der Waals surface area (Å²) in [4.78, 5) is 80.7. The molecule has 0 aliphatic heterocycles. The van der Waals surface area contributed by atoms with Crippen molar-refractivity contribution in [3.63, 3.8) is 0 Å². The average Bonchev–Trinajstić information content (AvgIpc) is 3.58. The lowest BCUT2D eigenvalue weighted by molar-refractivity contribution is -0.148. The van der Waals surface area contributed by atoms with Crippen LogP contribution in [0, 0.1) is 29.6 Å². The molecule has 0 spiro atoms. The van der Waals surface area contributed by atoms with E-state index in [4.69, 9.17) is 20.1 Å². The number of ether oxygens (including phenoxy) is 3. The Morgan fingerprint density at radius 3 is 2.02 bits per heavy atom. The quantitative estimate of drug-likeness (QED) is 0.0396. The number of carbonyl (C=O) groups is 6. The van der Waals surface area contributed by atoms with Gasteiger partial charge in [-0.05, 0) is 49.4 Å². The summed E-state index contributed by atoms with van der Waals surface area (Å²) in [6.07, 6.45) is 6.28. The van der Waals surface area contributed by atoms with Gasteiger partial charge in [-0.2, -0.15) is 0 Å². The van der Waals surface area contributed by atoms with Crippen molar-refractivity contribution in [2.75, 3.05) is 54.2 Å². The SMILES string of the molecule is CC[C@H](C)C([C@@H](CC(=O)C1CCC[C@H]1C)OC)N(C)C(=O)[C@@H](NC(=O)C(C(C)C)N(C)C(=O)COCCOCCNC(=O)CCCCCC(=O)NN)C(C)C. The minimum absolute atomic E-state index is 0.0176. The van der Waals surface area contributed by atoms with E-state index in [1.165, 1.54) is 4.90 Å². The number of likely N-dealkylation sites (N-methyl/N-ethyl adjacent to an activating group) is 2. The lowest BCUT2D eigenvalue weighted by Gasteiger charge is -2.40. The summed E-state index contributed by atoms with van der Waals surface area (Å²) in [5.74, 6) is 3.67. The highest BCUT2D eigenvalue weighted by Gasteiger charge is 2.40. The van der Waals surface area contributed by atoms with Crippen LogP contribution in [0.5, 0.6) is 0 Å². The van der Waals surface area contributed by atoms with Crippen LogP contribution in [0.4, 0.5) is 0 Å². The molecule has 1 fully saturated rings. The zero-order chi connectivity index (χ0) is 41.7. The van der Waals surface area contributed by atoms with Gasteiger partial charge in [0.1, 0.15) is 24.5 Å². The summed E-state index contributed by atoms with van der Waals surface area (Å²) in [7, 11) is 4.86. The fourth-order valence-corrected chi connectivity index (χ4v) is 7.41. The second kappa shape index (κ2) is 26.7. The van der Waals surface area contributed by atoms with Crippen LogP contribution in [-0.4, -0.2) is 124 Å². The van der Waals surface area contributed by atoms with Gasteiger partial charge in [0.05, 0.1) is 32.0 Å². The number of hydrazine groups is 1. The average molecular weight is 783 g/mol. The normalized spacial score (nSPS) is 18.3. The van der Waals surface area contributed by atoms with Gasteiger partial charge in [-0.15, -0.1) is 0 Å². The number of nitrogens with two attached hydrogens (primary N) is 1. The van der Waals surface area contributed by atoms with Crippen LogP contribution < -0.4 is 21.9 Å². The molecule has 15 heteroatoms. The van der Waals surface area contributed by atoms with Crippen LogP contribution >= 0.6 is 0 Å². The molecule has 3 unspecified atom stereocenters. The first kappa shape index (κ1) is 49.9. The number of carbonyl (C=O) groups excluding carboxylic acids is 6. The molecule has 0 aromatic rings. The van der Waals surface area contributed by atoms with Crippen molar-refractivity contribution in [2.24, 2.45) is 35.4 Å². The lowest BCUT2D eigenvalue weighted by Crippen LogP contribution is -2.60. The summed E-state index contributed by atoms with van der Waals surface area (Å²) in [5.41, 5.74) is 2.08. The highest BCUT2D eigenvalue weighted by molar-refractivity contribution is 5.92. The third kappa shape index (κ3) is 17.3. The van der Waals surface area contributed by atoms with E-state index in [2.05, 4.69) is 29.9 Å². The lowest BCUT2D eigenvalue weighted by atomic mass is 9.85. The first-order valence-corrected chi connectivity index (χ1v) is 20.3. The van der Waals surface area contributed by atoms with Crippen LogP contribution in [0.1, 0.15) is 113 Å². The number of hydrogen-bond acceptors (Lipinski definition) is 10. The Hall–Kier alpha value is -3.14. The third-order valence-corrected chi connectivity index (χ3v) is 11.0. The van der Waals surface area contributed by atoms with E-state index in [9.17, 15) is 28.8 Å². The molecule has 55 heavy (non-hydrogen) atoms. The molecule has 318 valence electrons. The standard InChI is InChI=1S/C40H74N6O9/c1-11-28(6)38(32(53-10)24-31(47)30-17-15-16-29(30)7)46(9)40(52)36(26(2)3)43-39(51)37(27(4)5)45(8)35(50)25-55-23-22-54-21-20-42-33(48)18-13-12-14-19-34(49)44-41/h26-30,32,36-38H,11-25,41H2,1-10H3,(H,42,48)(H,43,51)(H,44,49)/t28-,29+,30?,32+,36-,37?,38?/m0/s1. The molecular formula is C40H74N6O9. The van der Waals surface area contributed by atoms with Gasteiger partial charge in [-0.1, -0.05) is 67.7 Å². The third-order valence-electron chi connectivity index (χ3n) is 11.0. The van der Waals surface area contributed by atoms with E-state index < -0.39 is 30.0 Å². The molecule has 5 amide bonds. The molecule has 0 aromatic heterocycles. The molecular weight excluding hydrogens is 708 g/mol. The van der Waals surface area contributed by atoms with Crippen LogP contribution in [0.25, 0.3) is 0 Å². The number of hydrogen-bond donors (Lipinski definition) is 4. The maximum Gasteiger partial charge on any atom is 0.249 e. The Morgan fingerprint density at radius 1 is 0.836 bits per heavy atom. The second-order valence-electron chi connectivity index (χ2n) is 15.9. The molecule has 0 bridgehead atoms. The zero-order valence-electron chi connectivity index (χ0n) is 35.4. The van der Waals surface area contributed by atoms with Crippen LogP contribution in [-0.2, 0) is 43.0 Å². The minimum atomic E-state index is -0.869. The van der Waals surface area contributed by atoms with E-state index in [1.807, 2.05) is 34.6 Å². The number of ketones is 1. The largest absolute Gasteiger partial charge is 0.379 e. The van der Waals surface area contributed by atoms with Gasteiger partial charge in [-0.3, -0.25) is 34.2 Å². The molecule has 5 N–H and O–H groups in total. The van der Waals surface area contributed by atoms with Gasteiger partial charge in [-0.25, -0.2) is 5.84 Å². The van der Waals surface area contributed by atoms with Gasteiger partial charge in [0.25, 0.3) is 0 Å². The monoisotopic (exact) mass is 783 g/mol. The van der Waals surface area contributed by atoms with E-state index in [-0.39, 0.29) is 86.1 Å². The molecule has 0 radical (unpaired) electrons. The molecule has 15 nitrogen and oxygen atoms in total. The molecule has 0 heterocycles. The van der Waals surface area contributed by atoms with Crippen molar-refractivity contribution in [1.82, 2.24) is 25.9 Å². The Labute approximate surface area is 330 Å². The molecule has 0 saturated heterocycles. The Morgan fingerprint density at radius 2 is 1.47 bits per heavy atom. The molecule has 7 atom stereocenters. The van der Waals surface area contributed by atoms with Gasteiger partial charge >= 0.3 is 0 Å². The number of amides is 5. The fourth-order valence-electron chi connectivity index (χ4n) is 7.41. The predicted octanol–water partition coefficient (Wildman–Crippen LogP) is 2.98. The number of unbranched alkanes of at least 4 members (excludes halogenated alkanes) is 2. The fraction of sp³-hybridized carbons (Fsp3) is 0.850. The topological polar surface area (TPSA) is 199 Å². The molecule has 0 aromatic carbocycles. The van der Waals surface area contributed by atoms with Crippen molar-refractivity contribution in [3.8, 4) is 0 Å². The van der Waals surface area contributed by atoms with E-state index in [0.717, 1.165) is 32.1 Å². The summed E-state index contributed by atoms with van der Waals surface area (Å²) in [6, 6.07) is -2.11.